The molecule has 0 spiro atoms. The molecule has 3 aromatic rings. The van der Waals surface area contributed by atoms with E-state index in [9.17, 15) is 8.42 Å². The summed E-state index contributed by atoms with van der Waals surface area (Å²) in [4.78, 5) is 0. The number of hydrogen-bond donors (Lipinski definition) is 1. The third-order valence-corrected chi connectivity index (χ3v) is 6.95. The Hall–Kier alpha value is -2.51. The zero-order valence-corrected chi connectivity index (χ0v) is 20.4. The molecule has 7 heteroatoms. The maximum absolute atomic E-state index is 13.3. The van der Waals surface area contributed by atoms with Crippen LogP contribution in [0.25, 0.3) is 0 Å². The van der Waals surface area contributed by atoms with E-state index in [1.807, 2.05) is 68.4 Å². The topological polar surface area (TPSA) is 90.9 Å². The Morgan fingerprint density at radius 2 is 1.56 bits per heavy atom. The van der Waals surface area contributed by atoms with Gasteiger partial charge in [-0.25, -0.2) is 8.42 Å². The average Bonchev–Trinajstić information content (AvgIpc) is 3.12. The largest absolute Gasteiger partial charge is 0.321 e. The van der Waals surface area contributed by atoms with Crippen LogP contribution in [0.4, 0.5) is 0 Å². The minimum Gasteiger partial charge on any atom is -0.321 e. The van der Waals surface area contributed by atoms with Crippen LogP contribution >= 0.6 is 0 Å². The molecule has 0 aliphatic carbocycles. The summed E-state index contributed by atoms with van der Waals surface area (Å²) >= 11 is 0. The second-order valence-corrected chi connectivity index (χ2v) is 11.7. The summed E-state index contributed by atoms with van der Waals surface area (Å²) in [5, 5.41) is 8.32. The molecule has 0 aliphatic heterocycles. The van der Waals surface area contributed by atoms with Crippen LogP contribution in [0.15, 0.2) is 59.8 Å². The molecule has 2 N–H and O–H groups in total. The maximum Gasteiger partial charge on any atom is 0.250 e. The van der Waals surface area contributed by atoms with Gasteiger partial charge in [-0.2, -0.15) is 0 Å². The Labute approximate surface area is 191 Å². The lowest BCUT2D eigenvalue weighted by Gasteiger charge is -2.19. The highest BCUT2D eigenvalue weighted by Gasteiger charge is 2.28. The van der Waals surface area contributed by atoms with Crippen molar-refractivity contribution in [3.63, 3.8) is 0 Å². The summed E-state index contributed by atoms with van der Waals surface area (Å²) in [6.45, 7) is 11.0. The van der Waals surface area contributed by atoms with E-state index in [2.05, 4.69) is 31.0 Å². The van der Waals surface area contributed by atoms with Crippen LogP contribution in [0, 0.1) is 5.92 Å². The van der Waals surface area contributed by atoms with Crippen LogP contribution in [-0.2, 0) is 34.0 Å². The summed E-state index contributed by atoms with van der Waals surface area (Å²) < 4.78 is 28.3. The summed E-state index contributed by atoms with van der Waals surface area (Å²) in [5.74, 6) is 0.597. The normalized spacial score (nSPS) is 13.5. The second-order valence-electron chi connectivity index (χ2n) is 9.85. The van der Waals surface area contributed by atoms with Crippen molar-refractivity contribution in [2.75, 3.05) is 0 Å². The highest BCUT2D eigenvalue weighted by Crippen LogP contribution is 2.25. The van der Waals surface area contributed by atoms with E-state index in [-0.39, 0.29) is 22.2 Å². The van der Waals surface area contributed by atoms with E-state index < -0.39 is 15.9 Å². The number of nitrogens with zero attached hydrogens (tertiary/aromatic N) is 3. The number of hydrogen-bond acceptors (Lipinski definition) is 5. The molecule has 0 bridgehead atoms. The van der Waals surface area contributed by atoms with Crippen molar-refractivity contribution in [2.24, 2.45) is 11.7 Å². The number of aromatic nitrogens is 3. The standard InChI is InChI=1S/C25H34N4O2S/c1-18(2)16-29-23(22(26)15-19-9-7-6-8-10-19)27-28-24(29)32(30,31)17-20-11-13-21(14-12-20)25(3,4)5/h6-14,18,22H,15-17,26H2,1-5H3/t22-/m0/s1. The van der Waals surface area contributed by atoms with Gasteiger partial charge < -0.3 is 10.3 Å². The van der Waals surface area contributed by atoms with Gasteiger partial charge in [-0.15, -0.1) is 10.2 Å². The Kier molecular flexibility index (Phi) is 7.20. The average molecular weight is 455 g/mol. The molecular weight excluding hydrogens is 420 g/mol. The smallest absolute Gasteiger partial charge is 0.250 e. The Morgan fingerprint density at radius 3 is 2.12 bits per heavy atom. The molecule has 6 nitrogen and oxygen atoms in total. The number of nitrogens with two attached hydrogens (primary N) is 1. The monoisotopic (exact) mass is 454 g/mol. The first-order valence-electron chi connectivity index (χ1n) is 11.0. The van der Waals surface area contributed by atoms with E-state index in [4.69, 9.17) is 5.73 Å². The van der Waals surface area contributed by atoms with E-state index in [1.165, 1.54) is 0 Å². The molecular formula is C25H34N4O2S. The SMILES string of the molecule is CC(C)Cn1c([C@@H](N)Cc2ccccc2)nnc1S(=O)(=O)Cc1ccc(C(C)(C)C)cc1. The zero-order valence-electron chi connectivity index (χ0n) is 19.6. The van der Waals surface area contributed by atoms with Crippen LogP contribution in [0.3, 0.4) is 0 Å². The third-order valence-electron chi connectivity index (χ3n) is 5.38. The van der Waals surface area contributed by atoms with E-state index in [0.717, 1.165) is 16.7 Å². The molecule has 0 unspecified atom stereocenters. The lowest BCUT2D eigenvalue weighted by Crippen LogP contribution is -2.23. The van der Waals surface area contributed by atoms with Crippen molar-refractivity contribution >= 4 is 9.84 Å². The van der Waals surface area contributed by atoms with Crippen molar-refractivity contribution in [3.8, 4) is 0 Å². The van der Waals surface area contributed by atoms with Crippen LogP contribution in [0.1, 0.15) is 63.2 Å². The van der Waals surface area contributed by atoms with Gasteiger partial charge in [0.1, 0.15) is 0 Å². The third kappa shape index (κ3) is 5.84. The predicted molar refractivity (Wildman–Crippen MR) is 128 cm³/mol. The highest BCUT2D eigenvalue weighted by atomic mass is 32.2. The minimum atomic E-state index is -3.69. The van der Waals surface area contributed by atoms with Crippen molar-refractivity contribution in [3.05, 3.63) is 77.1 Å². The van der Waals surface area contributed by atoms with Crippen LogP contribution in [0.5, 0.6) is 0 Å². The van der Waals surface area contributed by atoms with Crippen molar-refractivity contribution in [1.29, 1.82) is 0 Å². The summed E-state index contributed by atoms with van der Waals surface area (Å²) in [6, 6.07) is 17.2. The van der Waals surface area contributed by atoms with Gasteiger partial charge in [0.25, 0.3) is 0 Å². The van der Waals surface area contributed by atoms with Crippen molar-refractivity contribution < 1.29 is 8.42 Å². The fraction of sp³-hybridized carbons (Fsp3) is 0.440. The summed E-state index contributed by atoms with van der Waals surface area (Å²) in [7, 11) is -3.69. The maximum atomic E-state index is 13.3. The summed E-state index contributed by atoms with van der Waals surface area (Å²) in [5.41, 5.74) is 9.43. The Bertz CT molecular complexity index is 1130. The summed E-state index contributed by atoms with van der Waals surface area (Å²) in [6.07, 6.45) is 0.561. The van der Waals surface area contributed by atoms with Crippen molar-refractivity contribution in [1.82, 2.24) is 14.8 Å². The molecule has 0 fully saturated rings. The molecule has 0 saturated heterocycles. The number of rotatable bonds is 8. The van der Waals surface area contributed by atoms with Gasteiger partial charge in [0.05, 0.1) is 11.8 Å². The molecule has 172 valence electrons. The molecule has 0 radical (unpaired) electrons. The molecule has 0 aliphatic rings. The first-order chi connectivity index (χ1) is 15.0. The zero-order chi connectivity index (χ0) is 23.5. The van der Waals surface area contributed by atoms with E-state index in [0.29, 0.717) is 18.8 Å². The van der Waals surface area contributed by atoms with Crippen LogP contribution in [0.2, 0.25) is 0 Å². The molecule has 3 rings (SSSR count). The number of benzene rings is 2. The Morgan fingerprint density at radius 1 is 0.938 bits per heavy atom. The molecule has 2 aromatic carbocycles. The van der Waals surface area contributed by atoms with E-state index >= 15 is 0 Å². The molecule has 0 amide bonds. The van der Waals surface area contributed by atoms with Gasteiger partial charge in [0.15, 0.2) is 5.82 Å². The molecule has 32 heavy (non-hydrogen) atoms. The van der Waals surface area contributed by atoms with Gasteiger partial charge >= 0.3 is 0 Å². The lowest BCUT2D eigenvalue weighted by molar-refractivity contribution is 0.455. The lowest BCUT2D eigenvalue weighted by atomic mass is 9.87. The molecule has 1 aromatic heterocycles. The highest BCUT2D eigenvalue weighted by molar-refractivity contribution is 7.90. The van der Waals surface area contributed by atoms with Gasteiger partial charge in [0, 0.05) is 6.54 Å². The molecule has 0 saturated carbocycles. The second kappa shape index (κ2) is 9.55. The quantitative estimate of drug-likeness (QED) is 0.543. The van der Waals surface area contributed by atoms with Crippen LogP contribution in [-0.4, -0.2) is 23.2 Å². The fourth-order valence-corrected chi connectivity index (χ4v) is 5.11. The Balaban J connectivity index is 1.90. The molecule has 1 atom stereocenters. The van der Waals surface area contributed by atoms with Gasteiger partial charge in [-0.1, -0.05) is 89.2 Å². The number of sulfone groups is 1. The fourth-order valence-electron chi connectivity index (χ4n) is 3.69. The molecule has 1 heterocycles. The predicted octanol–water partition coefficient (Wildman–Crippen LogP) is 4.45. The minimum absolute atomic E-state index is 0.00962. The van der Waals surface area contributed by atoms with Crippen LogP contribution < -0.4 is 5.73 Å². The first kappa shape index (κ1) is 24.1. The van der Waals surface area contributed by atoms with E-state index in [1.54, 1.807) is 4.57 Å². The van der Waals surface area contributed by atoms with Crippen molar-refractivity contribution in [2.45, 2.75) is 70.0 Å². The first-order valence-corrected chi connectivity index (χ1v) is 12.7. The van der Waals surface area contributed by atoms with Gasteiger partial charge in [-0.3, -0.25) is 0 Å². The van der Waals surface area contributed by atoms with Gasteiger partial charge in [-0.05, 0) is 34.4 Å². The van der Waals surface area contributed by atoms with Gasteiger partial charge in [0.2, 0.25) is 15.0 Å².